The van der Waals surface area contributed by atoms with Gasteiger partial charge in [0.15, 0.2) is 0 Å². The molecule has 2 amide bonds. The number of unbranched alkanes of at least 4 members (excludes halogenated alkanes) is 1. The lowest BCUT2D eigenvalue weighted by Gasteiger charge is -2.23. The molecule has 0 saturated carbocycles. The standard InChI is InChI=1S/C16H19NO4/c1-3-4-9-20-16(19)17-15(18)14-11(2)10-21-13-8-6-5-7-12(13)14/h5-8,10,14H,3-4,9H2,1-2H3,(H,17,18,19). The summed E-state index contributed by atoms with van der Waals surface area (Å²) >= 11 is 0. The normalized spacial score (nSPS) is 16.3. The first kappa shape index (κ1) is 15.1. The maximum Gasteiger partial charge on any atom is 0.413 e. The molecule has 5 heteroatoms. The van der Waals surface area contributed by atoms with Crippen molar-refractivity contribution in [1.82, 2.24) is 5.32 Å². The molecule has 0 radical (unpaired) electrons. The Hall–Kier alpha value is -2.30. The second kappa shape index (κ2) is 6.92. The summed E-state index contributed by atoms with van der Waals surface area (Å²) in [5, 5.41) is 2.28. The third-order valence-electron chi connectivity index (χ3n) is 3.28. The van der Waals surface area contributed by atoms with Crippen LogP contribution in [0.1, 0.15) is 38.2 Å². The number of alkyl carbamates (subject to hydrolysis) is 1. The summed E-state index contributed by atoms with van der Waals surface area (Å²) in [6.45, 7) is 4.11. The van der Waals surface area contributed by atoms with E-state index in [9.17, 15) is 9.59 Å². The number of para-hydroxylation sites is 1. The lowest BCUT2D eigenvalue weighted by atomic mass is 9.90. The Labute approximate surface area is 123 Å². The lowest BCUT2D eigenvalue weighted by Crippen LogP contribution is -2.36. The number of carbonyl (C=O) groups excluding carboxylic acids is 2. The largest absolute Gasteiger partial charge is 0.465 e. The van der Waals surface area contributed by atoms with E-state index in [0.29, 0.717) is 12.4 Å². The van der Waals surface area contributed by atoms with Crippen LogP contribution >= 0.6 is 0 Å². The molecule has 0 spiro atoms. The highest BCUT2D eigenvalue weighted by molar-refractivity contribution is 5.98. The molecule has 1 aromatic carbocycles. The minimum Gasteiger partial charge on any atom is -0.465 e. The molecule has 0 saturated heterocycles. The van der Waals surface area contributed by atoms with E-state index in [1.54, 1.807) is 13.0 Å². The van der Waals surface area contributed by atoms with Crippen LogP contribution in [0.25, 0.3) is 0 Å². The Kier molecular flexibility index (Phi) is 4.98. The number of ether oxygens (including phenoxy) is 2. The Morgan fingerprint density at radius 3 is 2.86 bits per heavy atom. The van der Waals surface area contributed by atoms with Gasteiger partial charge in [-0.3, -0.25) is 10.1 Å². The van der Waals surface area contributed by atoms with Gasteiger partial charge in [-0.25, -0.2) is 4.79 Å². The third-order valence-corrected chi connectivity index (χ3v) is 3.28. The van der Waals surface area contributed by atoms with Gasteiger partial charge >= 0.3 is 6.09 Å². The van der Waals surface area contributed by atoms with Crippen molar-refractivity contribution in [3.05, 3.63) is 41.7 Å². The molecule has 2 rings (SSSR count). The second-order valence-electron chi connectivity index (χ2n) is 4.93. The van der Waals surface area contributed by atoms with E-state index in [1.165, 1.54) is 6.26 Å². The number of rotatable bonds is 4. The predicted octanol–water partition coefficient (Wildman–Crippen LogP) is 3.12. The third kappa shape index (κ3) is 3.62. The number of amides is 2. The quantitative estimate of drug-likeness (QED) is 0.865. The maximum atomic E-state index is 12.3. The van der Waals surface area contributed by atoms with E-state index in [2.05, 4.69) is 5.32 Å². The van der Waals surface area contributed by atoms with Crippen LogP contribution in [0.4, 0.5) is 4.79 Å². The molecule has 1 N–H and O–H groups in total. The Morgan fingerprint density at radius 1 is 1.33 bits per heavy atom. The minimum absolute atomic E-state index is 0.314. The molecule has 1 heterocycles. The van der Waals surface area contributed by atoms with E-state index in [0.717, 1.165) is 24.0 Å². The smallest absolute Gasteiger partial charge is 0.413 e. The first-order chi connectivity index (χ1) is 10.1. The van der Waals surface area contributed by atoms with E-state index >= 15 is 0 Å². The van der Waals surface area contributed by atoms with Crippen molar-refractivity contribution in [3.8, 4) is 5.75 Å². The number of imide groups is 1. The van der Waals surface area contributed by atoms with E-state index in [4.69, 9.17) is 9.47 Å². The van der Waals surface area contributed by atoms with Crippen LogP contribution < -0.4 is 10.1 Å². The van der Waals surface area contributed by atoms with Crippen LogP contribution in [0, 0.1) is 0 Å². The van der Waals surface area contributed by atoms with Crippen molar-refractivity contribution in [2.75, 3.05) is 6.61 Å². The van der Waals surface area contributed by atoms with E-state index < -0.39 is 17.9 Å². The minimum atomic E-state index is -0.703. The van der Waals surface area contributed by atoms with Crippen LogP contribution in [0.3, 0.4) is 0 Å². The number of hydrogen-bond donors (Lipinski definition) is 1. The average molecular weight is 289 g/mol. The van der Waals surface area contributed by atoms with Gasteiger partial charge in [0.2, 0.25) is 5.91 Å². The molecule has 1 aliphatic rings. The number of benzene rings is 1. The van der Waals surface area contributed by atoms with Crippen LogP contribution in [0.2, 0.25) is 0 Å². The zero-order valence-electron chi connectivity index (χ0n) is 12.2. The molecular weight excluding hydrogens is 270 g/mol. The first-order valence-corrected chi connectivity index (χ1v) is 7.03. The molecule has 112 valence electrons. The average Bonchev–Trinajstić information content (AvgIpc) is 2.47. The van der Waals surface area contributed by atoms with Gasteiger partial charge in [0, 0.05) is 5.56 Å². The molecular formula is C16H19NO4. The van der Waals surface area contributed by atoms with Gasteiger partial charge in [0.05, 0.1) is 18.8 Å². The second-order valence-corrected chi connectivity index (χ2v) is 4.93. The molecule has 1 aromatic rings. The number of nitrogens with one attached hydrogen (secondary N) is 1. The van der Waals surface area contributed by atoms with Crippen LogP contribution in [-0.2, 0) is 9.53 Å². The van der Waals surface area contributed by atoms with Gasteiger partial charge in [-0.05, 0) is 25.0 Å². The monoisotopic (exact) mass is 289 g/mol. The fourth-order valence-corrected chi connectivity index (χ4v) is 2.16. The van der Waals surface area contributed by atoms with Crippen molar-refractivity contribution in [2.24, 2.45) is 0 Å². The van der Waals surface area contributed by atoms with Crippen molar-refractivity contribution < 1.29 is 19.1 Å². The SMILES string of the molecule is CCCCOC(=O)NC(=O)C1C(C)=COc2ccccc21. The van der Waals surface area contributed by atoms with Crippen LogP contribution in [-0.4, -0.2) is 18.6 Å². The fraction of sp³-hybridized carbons (Fsp3) is 0.375. The number of fused-ring (bicyclic) bond motifs is 1. The lowest BCUT2D eigenvalue weighted by molar-refractivity contribution is -0.121. The highest BCUT2D eigenvalue weighted by Crippen LogP contribution is 2.35. The van der Waals surface area contributed by atoms with Crippen molar-refractivity contribution in [3.63, 3.8) is 0 Å². The molecule has 1 unspecified atom stereocenters. The molecule has 21 heavy (non-hydrogen) atoms. The van der Waals surface area contributed by atoms with Gasteiger partial charge in [0.25, 0.3) is 0 Å². The molecule has 1 aliphatic heterocycles. The van der Waals surface area contributed by atoms with Crippen LogP contribution in [0.15, 0.2) is 36.1 Å². The molecule has 5 nitrogen and oxygen atoms in total. The van der Waals surface area contributed by atoms with E-state index in [-0.39, 0.29) is 0 Å². The van der Waals surface area contributed by atoms with Gasteiger partial charge in [-0.15, -0.1) is 0 Å². The molecule has 1 atom stereocenters. The highest BCUT2D eigenvalue weighted by atomic mass is 16.5. The van der Waals surface area contributed by atoms with Crippen molar-refractivity contribution in [2.45, 2.75) is 32.6 Å². The summed E-state index contributed by atoms with van der Waals surface area (Å²) in [5.41, 5.74) is 1.49. The summed E-state index contributed by atoms with van der Waals surface area (Å²) in [5.74, 6) is -0.308. The Bertz CT molecular complexity index is 565. The van der Waals surface area contributed by atoms with Crippen LogP contribution in [0.5, 0.6) is 5.75 Å². The van der Waals surface area contributed by atoms with E-state index in [1.807, 2.05) is 25.1 Å². The maximum absolute atomic E-state index is 12.3. The zero-order chi connectivity index (χ0) is 15.2. The fourth-order valence-electron chi connectivity index (χ4n) is 2.16. The highest BCUT2D eigenvalue weighted by Gasteiger charge is 2.30. The topological polar surface area (TPSA) is 64.6 Å². The number of carbonyl (C=O) groups is 2. The number of hydrogen-bond acceptors (Lipinski definition) is 4. The summed E-state index contributed by atoms with van der Waals surface area (Å²) in [6.07, 6.45) is 2.54. The molecule has 0 fully saturated rings. The van der Waals surface area contributed by atoms with Gasteiger partial charge in [-0.2, -0.15) is 0 Å². The van der Waals surface area contributed by atoms with Gasteiger partial charge in [0.1, 0.15) is 5.75 Å². The summed E-state index contributed by atoms with van der Waals surface area (Å²) < 4.78 is 10.4. The Morgan fingerprint density at radius 2 is 2.10 bits per heavy atom. The summed E-state index contributed by atoms with van der Waals surface area (Å²) in [6, 6.07) is 7.28. The Balaban J connectivity index is 2.05. The summed E-state index contributed by atoms with van der Waals surface area (Å²) in [7, 11) is 0. The zero-order valence-corrected chi connectivity index (χ0v) is 12.2. The summed E-state index contributed by atoms with van der Waals surface area (Å²) in [4.78, 5) is 23.9. The molecule has 0 bridgehead atoms. The predicted molar refractivity (Wildman–Crippen MR) is 78.0 cm³/mol. The van der Waals surface area contributed by atoms with Gasteiger partial charge in [-0.1, -0.05) is 31.5 Å². The van der Waals surface area contributed by atoms with Gasteiger partial charge < -0.3 is 9.47 Å². The van der Waals surface area contributed by atoms with Crippen molar-refractivity contribution >= 4 is 12.0 Å². The van der Waals surface area contributed by atoms with Crippen molar-refractivity contribution in [1.29, 1.82) is 0 Å². The first-order valence-electron chi connectivity index (χ1n) is 7.03. The molecule has 0 aliphatic carbocycles. The molecule has 0 aromatic heterocycles.